The number of anilines is 6. The summed E-state index contributed by atoms with van der Waals surface area (Å²) in [5, 5.41) is 7.62. The molecule has 4 heteroatoms. The SMILES string of the molecule is c1ccc(N(c2cccc(N(c3ccccc3)c3ccc4c(c3)c3ccccc3n4-c3ccccc3)c2)c2ccc3c(ccc4sc5ccccc5c43)c2)cc1. The van der Waals surface area contributed by atoms with Crippen LogP contribution in [0, 0.1) is 0 Å². The molecule has 11 rings (SSSR count). The van der Waals surface area contributed by atoms with E-state index >= 15 is 0 Å². The van der Waals surface area contributed by atoms with E-state index in [4.69, 9.17) is 0 Å². The molecule has 0 saturated carbocycles. The Balaban J connectivity index is 1.08. The molecule has 264 valence electrons. The van der Waals surface area contributed by atoms with Crippen LogP contribution in [0.2, 0.25) is 0 Å². The van der Waals surface area contributed by atoms with Gasteiger partial charge in [-0.25, -0.2) is 0 Å². The molecule has 2 aromatic heterocycles. The first kappa shape index (κ1) is 32.3. The van der Waals surface area contributed by atoms with E-state index < -0.39 is 0 Å². The van der Waals surface area contributed by atoms with Crippen LogP contribution >= 0.6 is 11.3 Å². The molecule has 0 aliphatic heterocycles. The second-order valence-electron chi connectivity index (χ2n) is 14.2. The van der Waals surface area contributed by atoms with Gasteiger partial charge in [-0.05, 0) is 114 Å². The Hall–Kier alpha value is -7.14. The number of rotatable bonds is 7. The molecule has 11 aromatic rings. The van der Waals surface area contributed by atoms with Gasteiger partial charge in [-0.1, -0.05) is 109 Å². The highest BCUT2D eigenvalue weighted by Gasteiger charge is 2.20. The number of nitrogens with zero attached hydrogens (tertiary/aromatic N) is 3. The highest BCUT2D eigenvalue weighted by molar-refractivity contribution is 7.26. The van der Waals surface area contributed by atoms with Gasteiger partial charge in [-0.15, -0.1) is 11.3 Å². The first-order valence-corrected chi connectivity index (χ1v) is 19.8. The van der Waals surface area contributed by atoms with Crippen LogP contribution in [0.5, 0.6) is 0 Å². The van der Waals surface area contributed by atoms with Crippen LogP contribution in [0.3, 0.4) is 0 Å². The second-order valence-corrected chi connectivity index (χ2v) is 15.3. The first-order valence-electron chi connectivity index (χ1n) is 19.0. The molecule has 0 N–H and O–H groups in total. The van der Waals surface area contributed by atoms with Crippen LogP contribution in [0.15, 0.2) is 212 Å². The fraction of sp³-hybridized carbons (Fsp3) is 0. The molecule has 0 spiro atoms. The van der Waals surface area contributed by atoms with Crippen molar-refractivity contribution in [1.29, 1.82) is 0 Å². The van der Waals surface area contributed by atoms with E-state index in [2.05, 4.69) is 227 Å². The van der Waals surface area contributed by atoms with Crippen molar-refractivity contribution in [3.63, 3.8) is 0 Å². The lowest BCUT2D eigenvalue weighted by Gasteiger charge is -2.29. The Kier molecular flexibility index (Phi) is 7.68. The molecule has 0 aliphatic rings. The van der Waals surface area contributed by atoms with Gasteiger partial charge < -0.3 is 14.4 Å². The van der Waals surface area contributed by atoms with Gasteiger partial charge in [-0.2, -0.15) is 0 Å². The molecule has 56 heavy (non-hydrogen) atoms. The fourth-order valence-electron chi connectivity index (χ4n) is 8.45. The van der Waals surface area contributed by atoms with Crippen LogP contribution in [-0.4, -0.2) is 4.57 Å². The number of thiophene rings is 1. The Bertz CT molecular complexity index is 3200. The predicted molar refractivity (Wildman–Crippen MR) is 241 cm³/mol. The van der Waals surface area contributed by atoms with Gasteiger partial charge in [0.2, 0.25) is 0 Å². The standard InChI is InChI=1S/C52H35N3S/c1-4-15-37(16-5-1)53(42-28-30-44-36(33-42)27-32-51-52(44)46-24-11-13-26-50(46)56-51)40-21-14-22-41(34-40)54(38-17-6-2-7-18-38)43-29-31-49-47(35-43)45-23-10-12-25-48(45)55(49)39-19-8-3-9-20-39/h1-35H. The minimum absolute atomic E-state index is 1.08. The molecule has 9 aromatic carbocycles. The van der Waals surface area contributed by atoms with E-state index in [1.165, 1.54) is 52.8 Å². The average Bonchev–Trinajstić information content (AvgIpc) is 3.81. The minimum atomic E-state index is 1.08. The summed E-state index contributed by atoms with van der Waals surface area (Å²) in [5.74, 6) is 0. The van der Waals surface area contributed by atoms with Crippen LogP contribution in [0.4, 0.5) is 34.1 Å². The van der Waals surface area contributed by atoms with Gasteiger partial charge in [0.25, 0.3) is 0 Å². The lowest BCUT2D eigenvalue weighted by atomic mass is 10.0. The topological polar surface area (TPSA) is 11.4 Å². The average molecular weight is 734 g/mol. The number of hydrogen-bond acceptors (Lipinski definition) is 3. The predicted octanol–water partition coefficient (Wildman–Crippen LogP) is 15.2. The number of aromatic nitrogens is 1. The van der Waals surface area contributed by atoms with Gasteiger partial charge >= 0.3 is 0 Å². The summed E-state index contributed by atoms with van der Waals surface area (Å²) in [7, 11) is 0. The molecule has 2 heterocycles. The van der Waals surface area contributed by atoms with E-state index in [1.54, 1.807) is 0 Å². The fourth-order valence-corrected chi connectivity index (χ4v) is 9.58. The van der Waals surface area contributed by atoms with Gasteiger partial charge in [-0.3, -0.25) is 0 Å². The molecule has 0 radical (unpaired) electrons. The summed E-state index contributed by atoms with van der Waals surface area (Å²) >= 11 is 1.87. The van der Waals surface area contributed by atoms with E-state index in [9.17, 15) is 0 Å². The number of hydrogen-bond donors (Lipinski definition) is 0. The minimum Gasteiger partial charge on any atom is -0.310 e. The Morgan fingerprint density at radius 2 is 0.875 bits per heavy atom. The summed E-state index contributed by atoms with van der Waals surface area (Å²) in [5.41, 5.74) is 10.1. The maximum Gasteiger partial charge on any atom is 0.0542 e. The Morgan fingerprint density at radius 1 is 0.321 bits per heavy atom. The monoisotopic (exact) mass is 733 g/mol. The quantitative estimate of drug-likeness (QED) is 0.162. The zero-order chi connectivity index (χ0) is 37.0. The molecule has 0 saturated heterocycles. The van der Waals surface area contributed by atoms with Crippen molar-refractivity contribution < 1.29 is 0 Å². The van der Waals surface area contributed by atoms with Gasteiger partial charge in [0, 0.05) is 70.8 Å². The second kappa shape index (κ2) is 13.3. The zero-order valence-electron chi connectivity index (χ0n) is 30.5. The van der Waals surface area contributed by atoms with Crippen molar-refractivity contribution in [3.8, 4) is 5.69 Å². The van der Waals surface area contributed by atoms with E-state index in [0.29, 0.717) is 0 Å². The van der Waals surface area contributed by atoms with E-state index in [1.807, 2.05) is 11.3 Å². The molecule has 0 fully saturated rings. The largest absolute Gasteiger partial charge is 0.310 e. The highest BCUT2D eigenvalue weighted by Crippen LogP contribution is 2.44. The summed E-state index contributed by atoms with van der Waals surface area (Å²) in [6, 6.07) is 76.8. The van der Waals surface area contributed by atoms with Crippen molar-refractivity contribution in [3.05, 3.63) is 212 Å². The summed E-state index contributed by atoms with van der Waals surface area (Å²) in [4.78, 5) is 4.75. The molecule has 0 aliphatic carbocycles. The lowest BCUT2D eigenvalue weighted by Crippen LogP contribution is -2.13. The Morgan fingerprint density at radius 3 is 1.61 bits per heavy atom. The summed E-state index contributed by atoms with van der Waals surface area (Å²) in [6.45, 7) is 0. The van der Waals surface area contributed by atoms with Crippen molar-refractivity contribution in [1.82, 2.24) is 4.57 Å². The molecule has 0 unspecified atom stereocenters. The zero-order valence-corrected chi connectivity index (χ0v) is 31.3. The third-order valence-corrected chi connectivity index (χ3v) is 12.0. The van der Waals surface area contributed by atoms with Gasteiger partial charge in [0.05, 0.1) is 11.0 Å². The highest BCUT2D eigenvalue weighted by atomic mass is 32.1. The maximum atomic E-state index is 2.37. The van der Waals surface area contributed by atoms with Crippen molar-refractivity contribution in [2.24, 2.45) is 0 Å². The van der Waals surface area contributed by atoms with Crippen molar-refractivity contribution in [2.75, 3.05) is 9.80 Å². The summed E-state index contributed by atoms with van der Waals surface area (Å²) < 4.78 is 5.02. The summed E-state index contributed by atoms with van der Waals surface area (Å²) in [6.07, 6.45) is 0. The molecular formula is C52H35N3S. The normalized spacial score (nSPS) is 11.6. The maximum absolute atomic E-state index is 2.37. The number of fused-ring (bicyclic) bond motifs is 8. The smallest absolute Gasteiger partial charge is 0.0542 e. The molecule has 0 bridgehead atoms. The lowest BCUT2D eigenvalue weighted by molar-refractivity contribution is 1.18. The Labute approximate surface area is 329 Å². The van der Waals surface area contributed by atoms with Crippen LogP contribution in [0.25, 0.3) is 58.4 Å². The third-order valence-electron chi connectivity index (χ3n) is 10.9. The van der Waals surface area contributed by atoms with Crippen molar-refractivity contribution in [2.45, 2.75) is 0 Å². The van der Waals surface area contributed by atoms with Crippen LogP contribution in [-0.2, 0) is 0 Å². The number of para-hydroxylation sites is 4. The van der Waals surface area contributed by atoms with Crippen LogP contribution < -0.4 is 9.80 Å². The van der Waals surface area contributed by atoms with Crippen molar-refractivity contribution >= 4 is 98.2 Å². The van der Waals surface area contributed by atoms with Gasteiger partial charge in [0.15, 0.2) is 0 Å². The molecule has 0 amide bonds. The van der Waals surface area contributed by atoms with Gasteiger partial charge in [0.1, 0.15) is 0 Å². The molecule has 0 atom stereocenters. The molecular weight excluding hydrogens is 699 g/mol. The van der Waals surface area contributed by atoms with E-state index in [-0.39, 0.29) is 0 Å². The third kappa shape index (κ3) is 5.34. The molecule has 3 nitrogen and oxygen atoms in total. The first-order chi connectivity index (χ1) is 27.8. The van der Waals surface area contributed by atoms with E-state index in [0.717, 1.165) is 39.8 Å². The number of benzene rings is 9. The van der Waals surface area contributed by atoms with Crippen LogP contribution in [0.1, 0.15) is 0 Å².